The maximum absolute atomic E-state index is 13.1. The molecule has 0 unspecified atom stereocenters. The van der Waals surface area contributed by atoms with Crippen LogP contribution in [0.1, 0.15) is 36.7 Å². The van der Waals surface area contributed by atoms with E-state index < -0.39 is 23.8 Å². The summed E-state index contributed by atoms with van der Waals surface area (Å²) >= 11 is 0. The predicted molar refractivity (Wildman–Crippen MR) is 158 cm³/mol. The third kappa shape index (κ3) is 8.57. The van der Waals surface area contributed by atoms with Gasteiger partial charge in [0.25, 0.3) is 5.91 Å². The number of carbonyl (C=O) groups excluding carboxylic acids is 2. The number of hydrogen-bond acceptors (Lipinski definition) is 6. The van der Waals surface area contributed by atoms with Crippen LogP contribution in [0.15, 0.2) is 85.1 Å². The predicted octanol–water partition coefficient (Wildman–Crippen LogP) is 5.00. The molecule has 4 N–H and O–H groups in total. The molecule has 0 aliphatic heterocycles. The molecular weight excluding hydrogens is 522 g/mol. The molecule has 3 aromatic carbocycles. The number of anilines is 1. The highest BCUT2D eigenvalue weighted by atomic mass is 16.6. The van der Waals surface area contributed by atoms with Gasteiger partial charge in [0.05, 0.1) is 19.2 Å². The maximum Gasteiger partial charge on any atom is 0.410 e. The molecule has 2 amide bonds. The molecule has 4 rings (SSSR count). The molecule has 1 aromatic heterocycles. The Morgan fingerprint density at radius 2 is 1.73 bits per heavy atom. The molecule has 0 spiro atoms. The van der Waals surface area contributed by atoms with E-state index in [1.807, 2.05) is 54.7 Å². The Balaban J connectivity index is 1.41. The molecule has 0 bridgehead atoms. The quantitative estimate of drug-likeness (QED) is 0.205. The minimum absolute atomic E-state index is 0.0348. The highest BCUT2D eigenvalue weighted by Crippen LogP contribution is 2.20. The largest absolute Gasteiger partial charge is 0.491 e. The summed E-state index contributed by atoms with van der Waals surface area (Å²) in [4.78, 5) is 30.3. The van der Waals surface area contributed by atoms with Gasteiger partial charge in [-0.05, 0) is 81.3 Å². The lowest BCUT2D eigenvalue weighted by molar-refractivity contribution is -0.00891. The molecule has 216 valence electrons. The van der Waals surface area contributed by atoms with Crippen LogP contribution >= 0.6 is 0 Å². The van der Waals surface area contributed by atoms with Crippen molar-refractivity contribution in [3.63, 3.8) is 0 Å². The van der Waals surface area contributed by atoms with E-state index >= 15 is 0 Å². The summed E-state index contributed by atoms with van der Waals surface area (Å²) in [7, 11) is 0. The lowest BCUT2D eigenvalue weighted by atomic mass is 10.0. The van der Waals surface area contributed by atoms with Crippen molar-refractivity contribution in [3.8, 4) is 5.75 Å². The normalized spacial score (nSPS) is 12.9. The standard InChI is InChI=1S/C32H37N3O6/c1-32(2,3)41-31(39)35(19-27(37)21-40-28-7-5-4-6-8-28)26(20-36)17-22-9-12-25(13-10-22)34-30(38)24-11-14-29-23(18-24)15-16-33-29/h4-16,18,26-27,33,36-37H,17,19-21H2,1-3H3,(H,34,38)/t26-,27-/m0/s1. The maximum atomic E-state index is 13.1. The minimum Gasteiger partial charge on any atom is -0.491 e. The Bertz CT molecular complexity index is 1430. The smallest absolute Gasteiger partial charge is 0.410 e. The van der Waals surface area contributed by atoms with Crippen LogP contribution in [0.4, 0.5) is 10.5 Å². The van der Waals surface area contributed by atoms with E-state index in [2.05, 4.69) is 10.3 Å². The fourth-order valence-electron chi connectivity index (χ4n) is 4.35. The molecule has 0 radical (unpaired) electrons. The monoisotopic (exact) mass is 559 g/mol. The van der Waals surface area contributed by atoms with E-state index in [1.54, 1.807) is 51.1 Å². The number of para-hydroxylation sites is 1. The molecule has 0 saturated heterocycles. The lowest BCUT2D eigenvalue weighted by Crippen LogP contribution is -2.50. The number of nitrogens with one attached hydrogen (secondary N) is 2. The van der Waals surface area contributed by atoms with Gasteiger partial charge in [-0.3, -0.25) is 9.69 Å². The van der Waals surface area contributed by atoms with Gasteiger partial charge < -0.3 is 30.0 Å². The van der Waals surface area contributed by atoms with Crippen LogP contribution in [0.2, 0.25) is 0 Å². The second kappa shape index (κ2) is 13.3. The van der Waals surface area contributed by atoms with E-state index in [9.17, 15) is 19.8 Å². The van der Waals surface area contributed by atoms with Crippen molar-refractivity contribution < 1.29 is 29.3 Å². The number of ether oxygens (including phenoxy) is 2. The summed E-state index contributed by atoms with van der Waals surface area (Å²) in [5, 5.41) is 24.8. The molecule has 9 heteroatoms. The number of fused-ring (bicyclic) bond motifs is 1. The number of amides is 2. The van der Waals surface area contributed by atoms with Gasteiger partial charge >= 0.3 is 6.09 Å². The number of benzene rings is 3. The Hall–Kier alpha value is -4.34. The number of aromatic nitrogens is 1. The van der Waals surface area contributed by atoms with Crippen molar-refractivity contribution in [2.45, 2.75) is 44.9 Å². The highest BCUT2D eigenvalue weighted by Gasteiger charge is 2.30. The van der Waals surface area contributed by atoms with Crippen molar-refractivity contribution in [3.05, 3.63) is 96.2 Å². The Kier molecular flexibility index (Phi) is 9.65. The number of hydrogen-bond donors (Lipinski definition) is 4. The van der Waals surface area contributed by atoms with Gasteiger partial charge in [0.2, 0.25) is 0 Å². The summed E-state index contributed by atoms with van der Waals surface area (Å²) in [6.07, 6.45) is 0.479. The van der Waals surface area contributed by atoms with Gasteiger partial charge in [-0.2, -0.15) is 0 Å². The molecule has 1 heterocycles. The van der Waals surface area contributed by atoms with Gasteiger partial charge in [-0.1, -0.05) is 30.3 Å². The first kappa shape index (κ1) is 29.6. The second-order valence-corrected chi connectivity index (χ2v) is 10.9. The average molecular weight is 560 g/mol. The number of aromatic amines is 1. The van der Waals surface area contributed by atoms with Crippen LogP contribution in [0, 0.1) is 0 Å². The lowest BCUT2D eigenvalue weighted by Gasteiger charge is -2.34. The summed E-state index contributed by atoms with van der Waals surface area (Å²) in [5.41, 5.74) is 2.20. The number of carbonyl (C=O) groups is 2. The van der Waals surface area contributed by atoms with Gasteiger partial charge in [-0.15, -0.1) is 0 Å². The average Bonchev–Trinajstić information content (AvgIpc) is 3.42. The molecule has 4 aromatic rings. The third-order valence-corrected chi connectivity index (χ3v) is 6.37. The fourth-order valence-corrected chi connectivity index (χ4v) is 4.35. The van der Waals surface area contributed by atoms with Crippen molar-refractivity contribution in [1.82, 2.24) is 9.88 Å². The van der Waals surface area contributed by atoms with Crippen LogP contribution in [-0.2, 0) is 11.2 Å². The van der Waals surface area contributed by atoms with Gasteiger partial charge in [0, 0.05) is 28.4 Å². The molecule has 0 fully saturated rings. The van der Waals surface area contributed by atoms with Crippen molar-refractivity contribution in [2.24, 2.45) is 0 Å². The third-order valence-electron chi connectivity index (χ3n) is 6.37. The number of rotatable bonds is 11. The zero-order chi connectivity index (χ0) is 29.4. The van der Waals surface area contributed by atoms with E-state index in [1.165, 1.54) is 4.90 Å². The van der Waals surface area contributed by atoms with E-state index in [0.717, 1.165) is 16.5 Å². The topological polar surface area (TPSA) is 124 Å². The second-order valence-electron chi connectivity index (χ2n) is 10.9. The number of H-pyrrole nitrogens is 1. The fraction of sp³-hybridized carbons (Fsp3) is 0.312. The Morgan fingerprint density at radius 3 is 2.41 bits per heavy atom. The molecule has 41 heavy (non-hydrogen) atoms. The minimum atomic E-state index is -1.01. The van der Waals surface area contributed by atoms with E-state index in [-0.39, 0.29) is 25.7 Å². The summed E-state index contributed by atoms with van der Waals surface area (Å²) in [6, 6.07) is 23.0. The number of aliphatic hydroxyl groups excluding tert-OH is 2. The zero-order valence-electron chi connectivity index (χ0n) is 23.5. The molecule has 2 atom stereocenters. The number of aliphatic hydroxyl groups is 2. The van der Waals surface area contributed by atoms with Crippen molar-refractivity contribution in [2.75, 3.05) is 25.1 Å². The van der Waals surface area contributed by atoms with Crippen molar-refractivity contribution in [1.29, 1.82) is 0 Å². The first-order valence-electron chi connectivity index (χ1n) is 13.5. The van der Waals surface area contributed by atoms with Crippen LogP contribution in [0.3, 0.4) is 0 Å². The summed E-state index contributed by atoms with van der Waals surface area (Å²) in [5.74, 6) is 0.378. The first-order valence-corrected chi connectivity index (χ1v) is 13.5. The van der Waals surface area contributed by atoms with Crippen molar-refractivity contribution >= 4 is 28.6 Å². The molecule has 0 aliphatic carbocycles. The summed E-state index contributed by atoms with van der Waals surface area (Å²) in [6.45, 7) is 4.81. The SMILES string of the molecule is CC(C)(C)OC(=O)N(C[C@H](O)COc1ccccc1)[C@H](CO)Cc1ccc(NC(=O)c2ccc3[nH]ccc3c2)cc1. The highest BCUT2D eigenvalue weighted by molar-refractivity contribution is 6.06. The first-order chi connectivity index (χ1) is 19.6. The zero-order valence-corrected chi connectivity index (χ0v) is 23.5. The molecule has 0 aliphatic rings. The molecular formula is C32H37N3O6. The van der Waals surface area contributed by atoms with Gasteiger partial charge in [-0.25, -0.2) is 4.79 Å². The Morgan fingerprint density at radius 1 is 1.00 bits per heavy atom. The van der Waals surface area contributed by atoms with Crippen LogP contribution < -0.4 is 10.1 Å². The van der Waals surface area contributed by atoms with Crippen LogP contribution in [0.25, 0.3) is 10.9 Å². The van der Waals surface area contributed by atoms with E-state index in [4.69, 9.17) is 9.47 Å². The Labute approximate surface area is 239 Å². The van der Waals surface area contributed by atoms with Gasteiger partial charge in [0.1, 0.15) is 24.1 Å². The van der Waals surface area contributed by atoms with E-state index in [0.29, 0.717) is 23.4 Å². The van der Waals surface area contributed by atoms with Crippen LogP contribution in [-0.4, -0.2) is 69.6 Å². The molecule has 9 nitrogen and oxygen atoms in total. The summed E-state index contributed by atoms with van der Waals surface area (Å²) < 4.78 is 11.2. The van der Waals surface area contributed by atoms with Crippen LogP contribution in [0.5, 0.6) is 5.75 Å². The van der Waals surface area contributed by atoms with Gasteiger partial charge in [0.15, 0.2) is 0 Å². The number of nitrogens with zero attached hydrogens (tertiary/aromatic N) is 1. The molecule has 0 saturated carbocycles.